The molecule has 0 saturated carbocycles. The Morgan fingerprint density at radius 1 is 1.44 bits per heavy atom. The van der Waals surface area contributed by atoms with Crippen LogP contribution in [0.5, 0.6) is 0 Å². The molecular weight excluding hydrogens is 233 g/mol. The first-order chi connectivity index (χ1) is 7.74. The summed E-state index contributed by atoms with van der Waals surface area (Å²) in [5.41, 5.74) is 5.17. The molecule has 2 unspecified atom stereocenters. The molecule has 2 atom stereocenters. The smallest absolute Gasteiger partial charge is 0.329 e. The van der Waals surface area contributed by atoms with Crippen molar-refractivity contribution in [3.63, 3.8) is 0 Å². The number of allylic oxidation sites excluding steroid dienone is 1. The van der Waals surface area contributed by atoms with Crippen LogP contribution in [0.3, 0.4) is 0 Å². The second-order valence-corrected chi connectivity index (χ2v) is 3.85. The first kappa shape index (κ1) is 15.5. The van der Waals surface area contributed by atoms with E-state index in [1.54, 1.807) is 13.0 Å². The van der Waals surface area contributed by atoms with Gasteiger partial charge in [-0.05, 0) is 6.92 Å². The fourth-order valence-electron chi connectivity index (χ4n) is 0.730. The lowest BCUT2D eigenvalue weighted by atomic mass is 10.2. The van der Waals surface area contributed by atoms with Crippen molar-refractivity contribution >= 4 is 14.9 Å². The van der Waals surface area contributed by atoms with Crippen LogP contribution in [0.4, 0.5) is 0 Å². The van der Waals surface area contributed by atoms with E-state index in [9.17, 15) is 9.69 Å². The molecule has 0 radical (unpaired) electrons. The van der Waals surface area contributed by atoms with Crippen molar-refractivity contribution in [2.24, 2.45) is 11.7 Å². The summed E-state index contributed by atoms with van der Waals surface area (Å²) in [7, 11) is -1.96. The molecule has 6 nitrogen and oxygen atoms in total. The van der Waals surface area contributed by atoms with Crippen LogP contribution in [-0.4, -0.2) is 37.5 Å². The number of carbonyl (C=O) groups is 1. The molecule has 0 spiro atoms. The highest BCUT2D eigenvalue weighted by Gasteiger charge is 2.12. The SMILES string of the molecule is C/C=C/OCC(C=O)COP(O)OCCN. The van der Waals surface area contributed by atoms with Crippen LogP contribution >= 0.6 is 8.60 Å². The minimum Gasteiger partial charge on any atom is -0.501 e. The summed E-state index contributed by atoms with van der Waals surface area (Å²) in [5.74, 6) is -0.421. The monoisotopic (exact) mass is 251 g/mol. The summed E-state index contributed by atoms with van der Waals surface area (Å²) < 4.78 is 14.8. The van der Waals surface area contributed by atoms with Crippen LogP contribution in [0.1, 0.15) is 6.92 Å². The van der Waals surface area contributed by atoms with Crippen molar-refractivity contribution < 1.29 is 23.5 Å². The first-order valence-corrected chi connectivity index (χ1v) is 6.00. The maximum atomic E-state index is 10.6. The molecule has 94 valence electrons. The number of hydrogen-bond donors (Lipinski definition) is 2. The van der Waals surface area contributed by atoms with Crippen LogP contribution in [-0.2, 0) is 18.6 Å². The Morgan fingerprint density at radius 2 is 2.19 bits per heavy atom. The molecule has 0 aromatic heterocycles. The van der Waals surface area contributed by atoms with Gasteiger partial charge < -0.3 is 29.2 Å². The van der Waals surface area contributed by atoms with E-state index in [1.807, 2.05) is 0 Å². The Balaban J connectivity index is 3.64. The zero-order chi connectivity index (χ0) is 12.2. The third kappa shape index (κ3) is 8.76. The Hall–Kier alpha value is -0.520. The Morgan fingerprint density at radius 3 is 2.75 bits per heavy atom. The fraction of sp³-hybridized carbons (Fsp3) is 0.667. The van der Waals surface area contributed by atoms with Crippen LogP contribution in [0.15, 0.2) is 12.3 Å². The number of carbonyl (C=O) groups excluding carboxylic acids is 1. The Labute approximate surface area is 96.4 Å². The minimum atomic E-state index is -1.96. The number of nitrogens with two attached hydrogens (primary N) is 1. The molecule has 0 rings (SSSR count). The third-order valence-corrected chi connectivity index (χ3v) is 2.23. The summed E-state index contributed by atoms with van der Waals surface area (Å²) in [6.45, 7) is 2.62. The molecule has 0 bridgehead atoms. The maximum absolute atomic E-state index is 10.6. The molecule has 16 heavy (non-hydrogen) atoms. The van der Waals surface area contributed by atoms with E-state index in [4.69, 9.17) is 19.5 Å². The lowest BCUT2D eigenvalue weighted by Crippen LogP contribution is -2.16. The van der Waals surface area contributed by atoms with Crippen LogP contribution < -0.4 is 5.73 Å². The molecule has 0 aromatic carbocycles. The predicted molar refractivity (Wildman–Crippen MR) is 60.4 cm³/mol. The van der Waals surface area contributed by atoms with Crippen molar-refractivity contribution in [1.29, 1.82) is 0 Å². The number of ether oxygens (including phenoxy) is 1. The van der Waals surface area contributed by atoms with Gasteiger partial charge in [0.15, 0.2) is 0 Å². The predicted octanol–water partition coefficient (Wildman–Crippen LogP) is 0.563. The van der Waals surface area contributed by atoms with Gasteiger partial charge in [0.2, 0.25) is 0 Å². The largest absolute Gasteiger partial charge is 0.501 e. The van der Waals surface area contributed by atoms with Gasteiger partial charge in [-0.3, -0.25) is 0 Å². The van der Waals surface area contributed by atoms with Gasteiger partial charge in [-0.25, -0.2) is 0 Å². The minimum absolute atomic E-state index is 0.0633. The molecule has 0 amide bonds. The van der Waals surface area contributed by atoms with Gasteiger partial charge in [-0.1, -0.05) is 6.08 Å². The Kier molecular flexibility index (Phi) is 10.6. The zero-order valence-electron chi connectivity index (χ0n) is 9.24. The summed E-state index contributed by atoms with van der Waals surface area (Å²) in [5, 5.41) is 0. The van der Waals surface area contributed by atoms with Gasteiger partial charge in [0.1, 0.15) is 6.29 Å². The highest BCUT2D eigenvalue weighted by atomic mass is 31.2. The molecule has 0 saturated heterocycles. The topological polar surface area (TPSA) is 91.0 Å². The van der Waals surface area contributed by atoms with Gasteiger partial charge in [-0.15, -0.1) is 0 Å². The number of rotatable bonds is 10. The van der Waals surface area contributed by atoms with Gasteiger partial charge in [0.05, 0.1) is 32.0 Å². The van der Waals surface area contributed by atoms with E-state index in [2.05, 4.69) is 0 Å². The van der Waals surface area contributed by atoms with E-state index in [-0.39, 0.29) is 19.8 Å². The van der Waals surface area contributed by atoms with Crippen LogP contribution in [0.25, 0.3) is 0 Å². The number of aldehydes is 1. The molecule has 3 N–H and O–H groups in total. The lowest BCUT2D eigenvalue weighted by molar-refractivity contribution is -0.113. The first-order valence-electron chi connectivity index (χ1n) is 4.87. The fourth-order valence-corrected chi connectivity index (χ4v) is 1.38. The van der Waals surface area contributed by atoms with Gasteiger partial charge >= 0.3 is 8.60 Å². The second kappa shape index (κ2) is 11.0. The van der Waals surface area contributed by atoms with Gasteiger partial charge in [0, 0.05) is 6.54 Å². The summed E-state index contributed by atoms with van der Waals surface area (Å²) >= 11 is 0. The summed E-state index contributed by atoms with van der Waals surface area (Å²) in [6.07, 6.45) is 3.92. The van der Waals surface area contributed by atoms with Crippen molar-refractivity contribution in [2.45, 2.75) is 6.92 Å². The van der Waals surface area contributed by atoms with Gasteiger partial charge in [-0.2, -0.15) is 0 Å². The Bertz CT molecular complexity index is 202. The number of hydrogen-bond acceptors (Lipinski definition) is 6. The molecule has 0 heterocycles. The van der Waals surface area contributed by atoms with Crippen molar-refractivity contribution in [3.05, 3.63) is 12.3 Å². The molecule has 0 aliphatic heterocycles. The van der Waals surface area contributed by atoms with E-state index >= 15 is 0 Å². The maximum Gasteiger partial charge on any atom is 0.329 e. The quantitative estimate of drug-likeness (QED) is 0.335. The average molecular weight is 251 g/mol. The van der Waals surface area contributed by atoms with Crippen LogP contribution in [0, 0.1) is 5.92 Å². The summed E-state index contributed by atoms with van der Waals surface area (Å²) in [6, 6.07) is 0. The van der Waals surface area contributed by atoms with Crippen molar-refractivity contribution in [3.8, 4) is 0 Å². The highest BCUT2D eigenvalue weighted by Crippen LogP contribution is 2.32. The van der Waals surface area contributed by atoms with Gasteiger partial charge in [0.25, 0.3) is 0 Å². The zero-order valence-corrected chi connectivity index (χ0v) is 10.1. The molecule has 0 aliphatic carbocycles. The highest BCUT2D eigenvalue weighted by molar-refractivity contribution is 7.40. The molecule has 0 fully saturated rings. The molecule has 0 aromatic rings. The van der Waals surface area contributed by atoms with Crippen molar-refractivity contribution in [1.82, 2.24) is 0 Å². The molecular formula is C9H18NO5P. The van der Waals surface area contributed by atoms with E-state index in [0.717, 1.165) is 6.29 Å². The van der Waals surface area contributed by atoms with E-state index in [0.29, 0.717) is 6.54 Å². The molecule has 0 aliphatic rings. The van der Waals surface area contributed by atoms with Crippen LogP contribution in [0.2, 0.25) is 0 Å². The average Bonchev–Trinajstić information content (AvgIpc) is 2.31. The summed E-state index contributed by atoms with van der Waals surface area (Å²) in [4.78, 5) is 19.8. The van der Waals surface area contributed by atoms with E-state index < -0.39 is 14.5 Å². The standard InChI is InChI=1S/C9H18NO5P/c1-2-4-13-7-9(6-11)8-15-16(12)14-5-3-10/h2,4,6,9,12H,3,5,7-8,10H2,1H3/b4-2+. The lowest BCUT2D eigenvalue weighted by Gasteiger charge is -2.13. The third-order valence-electron chi connectivity index (χ3n) is 1.45. The van der Waals surface area contributed by atoms with E-state index in [1.165, 1.54) is 6.26 Å². The second-order valence-electron chi connectivity index (χ2n) is 2.85. The van der Waals surface area contributed by atoms with Crippen molar-refractivity contribution in [2.75, 3.05) is 26.4 Å². The normalized spacial score (nSPS) is 14.9. The molecule has 7 heteroatoms.